The average Bonchev–Trinajstić information content (AvgIpc) is 3.35. The van der Waals surface area contributed by atoms with E-state index in [1.807, 2.05) is 11.0 Å². The van der Waals surface area contributed by atoms with Crippen molar-refractivity contribution in [2.24, 2.45) is 5.92 Å². The number of aryl methyl sites for hydroxylation is 1. The van der Waals surface area contributed by atoms with Gasteiger partial charge in [0.05, 0.1) is 0 Å². The number of hydrogen-bond acceptors (Lipinski definition) is 6. The molecule has 0 radical (unpaired) electrons. The van der Waals surface area contributed by atoms with E-state index < -0.39 is 5.95 Å². The molecule has 1 amide bonds. The van der Waals surface area contributed by atoms with Crippen molar-refractivity contribution >= 4 is 5.91 Å². The third-order valence-electron chi connectivity index (χ3n) is 6.37. The van der Waals surface area contributed by atoms with E-state index in [-0.39, 0.29) is 12.5 Å². The van der Waals surface area contributed by atoms with Crippen molar-refractivity contribution in [3.8, 4) is 28.5 Å². The Balaban J connectivity index is 1.10. The summed E-state index contributed by atoms with van der Waals surface area (Å²) in [7, 11) is 0. The van der Waals surface area contributed by atoms with Gasteiger partial charge in [0.2, 0.25) is 12.7 Å². The SMILES string of the molecule is O=C(COc1cccnc1-c1ccc(F)nc1)N1CCC(CCc2ccc3c(c2)OCO3)CC1. The van der Waals surface area contributed by atoms with Gasteiger partial charge in [0.25, 0.3) is 5.91 Å². The summed E-state index contributed by atoms with van der Waals surface area (Å²) in [4.78, 5) is 22.6. The predicted octanol–water partition coefficient (Wildman–Crippen LogP) is 4.26. The molecule has 3 aromatic rings. The second kappa shape index (κ2) is 10.1. The quantitative estimate of drug-likeness (QED) is 0.488. The standard InChI is InChI=1S/C26H26FN3O4/c27-24-8-6-20(15-29-24)26-22(2-1-11-28-26)32-16-25(31)30-12-9-18(10-13-30)3-4-19-5-7-21-23(14-19)34-17-33-21/h1-2,5-8,11,14-15,18H,3-4,9-10,12-13,16-17H2. The van der Waals surface area contributed by atoms with Crippen molar-refractivity contribution in [1.29, 1.82) is 0 Å². The van der Waals surface area contributed by atoms with Crippen LogP contribution in [0, 0.1) is 11.9 Å². The number of aromatic nitrogens is 2. The number of rotatable bonds is 7. The molecular weight excluding hydrogens is 437 g/mol. The minimum Gasteiger partial charge on any atom is -0.481 e. The third-order valence-corrected chi connectivity index (χ3v) is 6.37. The van der Waals surface area contributed by atoms with E-state index in [1.165, 1.54) is 17.8 Å². The smallest absolute Gasteiger partial charge is 0.260 e. The predicted molar refractivity (Wildman–Crippen MR) is 123 cm³/mol. The van der Waals surface area contributed by atoms with Crippen LogP contribution in [0.5, 0.6) is 17.2 Å². The van der Waals surface area contributed by atoms with E-state index in [2.05, 4.69) is 22.1 Å². The molecule has 0 bridgehead atoms. The number of piperidine rings is 1. The molecule has 0 unspecified atom stereocenters. The maximum Gasteiger partial charge on any atom is 0.260 e. The molecule has 1 aromatic carbocycles. The molecule has 0 saturated carbocycles. The first-order valence-electron chi connectivity index (χ1n) is 11.5. The fourth-order valence-corrected chi connectivity index (χ4v) is 4.41. The van der Waals surface area contributed by atoms with Crippen LogP contribution in [0.25, 0.3) is 11.3 Å². The lowest BCUT2D eigenvalue weighted by Gasteiger charge is -2.32. The van der Waals surface area contributed by atoms with Gasteiger partial charge in [-0.1, -0.05) is 6.07 Å². The molecule has 1 saturated heterocycles. The summed E-state index contributed by atoms with van der Waals surface area (Å²) in [5, 5.41) is 0. The molecule has 7 nitrogen and oxygen atoms in total. The van der Waals surface area contributed by atoms with Gasteiger partial charge in [0.1, 0.15) is 11.4 Å². The molecule has 2 aliphatic rings. The fourth-order valence-electron chi connectivity index (χ4n) is 4.41. The summed E-state index contributed by atoms with van der Waals surface area (Å²) in [6.45, 7) is 1.70. The van der Waals surface area contributed by atoms with Crippen LogP contribution >= 0.6 is 0 Å². The summed E-state index contributed by atoms with van der Waals surface area (Å²) in [5.74, 6) is 2.10. The van der Waals surface area contributed by atoms with Crippen LogP contribution in [0.4, 0.5) is 4.39 Å². The van der Waals surface area contributed by atoms with Gasteiger partial charge < -0.3 is 19.1 Å². The van der Waals surface area contributed by atoms with Gasteiger partial charge in [-0.2, -0.15) is 4.39 Å². The number of pyridine rings is 2. The number of carbonyl (C=O) groups excluding carboxylic acids is 1. The zero-order valence-corrected chi connectivity index (χ0v) is 18.8. The average molecular weight is 464 g/mol. The number of likely N-dealkylation sites (tertiary alicyclic amines) is 1. The molecule has 176 valence electrons. The zero-order chi connectivity index (χ0) is 23.3. The Bertz CT molecular complexity index is 1150. The molecule has 0 N–H and O–H groups in total. The Morgan fingerprint density at radius 1 is 1.09 bits per heavy atom. The lowest BCUT2D eigenvalue weighted by Crippen LogP contribution is -2.41. The van der Waals surface area contributed by atoms with Gasteiger partial charge in [-0.05, 0) is 73.6 Å². The van der Waals surface area contributed by atoms with Gasteiger partial charge in [-0.3, -0.25) is 9.78 Å². The first-order valence-corrected chi connectivity index (χ1v) is 11.5. The maximum absolute atomic E-state index is 13.2. The van der Waals surface area contributed by atoms with Crippen molar-refractivity contribution in [3.63, 3.8) is 0 Å². The second-order valence-electron chi connectivity index (χ2n) is 8.56. The molecule has 1 fully saturated rings. The zero-order valence-electron chi connectivity index (χ0n) is 18.8. The molecule has 34 heavy (non-hydrogen) atoms. The van der Waals surface area contributed by atoms with Gasteiger partial charge in [-0.15, -0.1) is 0 Å². The molecule has 2 aromatic heterocycles. The topological polar surface area (TPSA) is 73.8 Å². The van der Waals surface area contributed by atoms with E-state index in [0.29, 0.717) is 29.7 Å². The van der Waals surface area contributed by atoms with Crippen molar-refractivity contribution in [1.82, 2.24) is 14.9 Å². The van der Waals surface area contributed by atoms with Gasteiger partial charge in [0.15, 0.2) is 18.1 Å². The van der Waals surface area contributed by atoms with Crippen molar-refractivity contribution in [2.45, 2.75) is 25.7 Å². The highest BCUT2D eigenvalue weighted by Crippen LogP contribution is 2.33. The summed E-state index contributed by atoms with van der Waals surface area (Å²) >= 11 is 0. The Hall–Kier alpha value is -3.68. The molecular formula is C26H26FN3O4. The first kappa shape index (κ1) is 22.1. The van der Waals surface area contributed by atoms with Gasteiger partial charge >= 0.3 is 0 Å². The lowest BCUT2D eigenvalue weighted by molar-refractivity contribution is -0.134. The van der Waals surface area contributed by atoms with Crippen molar-refractivity contribution in [2.75, 3.05) is 26.5 Å². The van der Waals surface area contributed by atoms with E-state index in [4.69, 9.17) is 14.2 Å². The van der Waals surface area contributed by atoms with Crippen LogP contribution in [0.3, 0.4) is 0 Å². The monoisotopic (exact) mass is 463 g/mol. The van der Waals surface area contributed by atoms with Crippen molar-refractivity contribution < 1.29 is 23.4 Å². The minimum atomic E-state index is -0.559. The summed E-state index contributed by atoms with van der Waals surface area (Å²) in [6, 6.07) is 12.5. The van der Waals surface area contributed by atoms with Crippen LogP contribution < -0.4 is 14.2 Å². The molecule has 4 heterocycles. The van der Waals surface area contributed by atoms with E-state index in [0.717, 1.165) is 50.3 Å². The van der Waals surface area contributed by atoms with E-state index >= 15 is 0 Å². The second-order valence-corrected chi connectivity index (χ2v) is 8.56. The number of carbonyl (C=O) groups is 1. The first-order chi connectivity index (χ1) is 16.7. The molecule has 5 rings (SSSR count). The van der Waals surface area contributed by atoms with E-state index in [9.17, 15) is 9.18 Å². The highest BCUT2D eigenvalue weighted by atomic mass is 19.1. The number of ether oxygens (including phenoxy) is 3. The lowest BCUT2D eigenvalue weighted by atomic mass is 9.90. The molecule has 0 atom stereocenters. The summed E-state index contributed by atoms with van der Waals surface area (Å²) < 4.78 is 29.8. The Morgan fingerprint density at radius 3 is 2.76 bits per heavy atom. The highest BCUT2D eigenvalue weighted by Gasteiger charge is 2.23. The van der Waals surface area contributed by atoms with Gasteiger partial charge in [-0.25, -0.2) is 4.98 Å². The summed E-state index contributed by atoms with van der Waals surface area (Å²) in [6.07, 6.45) is 7.07. The molecule has 2 aliphatic heterocycles. The highest BCUT2D eigenvalue weighted by molar-refractivity contribution is 5.78. The third kappa shape index (κ3) is 5.11. The molecule has 0 spiro atoms. The Kier molecular flexibility index (Phi) is 6.56. The van der Waals surface area contributed by atoms with Crippen LogP contribution in [0.15, 0.2) is 54.9 Å². The maximum atomic E-state index is 13.2. The van der Waals surface area contributed by atoms with Crippen LogP contribution in [-0.4, -0.2) is 47.3 Å². The van der Waals surface area contributed by atoms with Crippen LogP contribution in [0.1, 0.15) is 24.8 Å². The minimum absolute atomic E-state index is 0.0405. The van der Waals surface area contributed by atoms with Crippen molar-refractivity contribution in [3.05, 3.63) is 66.4 Å². The number of halogens is 1. The Morgan fingerprint density at radius 2 is 1.94 bits per heavy atom. The molecule has 8 heteroatoms. The van der Waals surface area contributed by atoms with Crippen LogP contribution in [0.2, 0.25) is 0 Å². The largest absolute Gasteiger partial charge is 0.481 e. The van der Waals surface area contributed by atoms with Gasteiger partial charge in [0, 0.05) is 31.0 Å². The number of fused-ring (bicyclic) bond motifs is 1. The number of nitrogens with zero attached hydrogens (tertiary/aromatic N) is 3. The number of benzene rings is 1. The summed E-state index contributed by atoms with van der Waals surface area (Å²) in [5.41, 5.74) is 2.41. The fraction of sp³-hybridized carbons (Fsp3) is 0.346. The molecule has 0 aliphatic carbocycles. The normalized spacial score (nSPS) is 15.4. The number of amides is 1. The number of hydrogen-bond donors (Lipinski definition) is 0. The van der Waals surface area contributed by atoms with E-state index in [1.54, 1.807) is 24.4 Å². The van der Waals surface area contributed by atoms with Crippen LogP contribution in [-0.2, 0) is 11.2 Å². The Labute approximate surface area is 197 Å².